The van der Waals surface area contributed by atoms with E-state index in [2.05, 4.69) is 17.6 Å². The molecule has 3 rings (SSSR count). The average Bonchev–Trinajstić information content (AvgIpc) is 2.55. The fourth-order valence-electron chi connectivity index (χ4n) is 2.94. The number of carbonyl (C=O) groups is 2. The van der Waals surface area contributed by atoms with Crippen LogP contribution in [0.25, 0.3) is 0 Å². The molecule has 4 nitrogen and oxygen atoms in total. The van der Waals surface area contributed by atoms with Crippen molar-refractivity contribution in [3.05, 3.63) is 59.4 Å². The van der Waals surface area contributed by atoms with Crippen molar-refractivity contribution in [1.82, 2.24) is 0 Å². The zero-order chi connectivity index (χ0) is 17.1. The molecule has 0 fully saturated rings. The normalized spacial score (nSPS) is 16.2. The van der Waals surface area contributed by atoms with Crippen molar-refractivity contribution in [1.29, 1.82) is 0 Å². The third-order valence-electron chi connectivity index (χ3n) is 4.13. The van der Waals surface area contributed by atoms with Crippen LogP contribution in [0.15, 0.2) is 42.5 Å². The lowest BCUT2D eigenvalue weighted by atomic mass is 9.89. The largest absolute Gasteiger partial charge is 0.326 e. The Labute approximate surface area is 140 Å². The molecule has 1 unspecified atom stereocenters. The van der Waals surface area contributed by atoms with E-state index in [0.29, 0.717) is 16.9 Å². The monoisotopic (exact) mass is 326 g/mol. The summed E-state index contributed by atoms with van der Waals surface area (Å²) in [6, 6.07) is 11.8. The number of carbonyl (C=O) groups excluding carboxylic acids is 2. The van der Waals surface area contributed by atoms with Crippen molar-refractivity contribution in [2.45, 2.75) is 32.1 Å². The molecule has 0 saturated heterocycles. The number of halogens is 1. The summed E-state index contributed by atoms with van der Waals surface area (Å²) in [4.78, 5) is 24.4. The minimum Gasteiger partial charge on any atom is -0.326 e. The summed E-state index contributed by atoms with van der Waals surface area (Å²) in [6.45, 7) is 2.12. The van der Waals surface area contributed by atoms with Crippen LogP contribution in [0.2, 0.25) is 0 Å². The van der Waals surface area contributed by atoms with Crippen LogP contribution >= 0.6 is 0 Å². The number of amides is 2. The van der Waals surface area contributed by atoms with Gasteiger partial charge in [0.05, 0.1) is 5.92 Å². The van der Waals surface area contributed by atoms with E-state index >= 15 is 0 Å². The van der Waals surface area contributed by atoms with E-state index in [9.17, 15) is 14.0 Å². The van der Waals surface area contributed by atoms with E-state index in [1.807, 2.05) is 24.3 Å². The second-order valence-electron chi connectivity index (χ2n) is 5.97. The highest BCUT2D eigenvalue weighted by molar-refractivity contribution is 6.05. The Morgan fingerprint density at radius 1 is 1.25 bits per heavy atom. The molecule has 1 atom stereocenters. The van der Waals surface area contributed by atoms with Crippen LogP contribution in [-0.4, -0.2) is 11.8 Å². The lowest BCUT2D eigenvalue weighted by Crippen LogP contribution is -2.30. The molecule has 1 heterocycles. The predicted molar refractivity (Wildman–Crippen MR) is 91.5 cm³/mol. The van der Waals surface area contributed by atoms with Gasteiger partial charge in [-0.05, 0) is 41.8 Å². The summed E-state index contributed by atoms with van der Waals surface area (Å²) in [7, 11) is 0. The molecule has 0 saturated carbocycles. The molecule has 1 aliphatic rings. The highest BCUT2D eigenvalue weighted by Crippen LogP contribution is 2.33. The molecule has 2 aromatic carbocycles. The number of hydrogen-bond donors (Lipinski definition) is 2. The van der Waals surface area contributed by atoms with Crippen LogP contribution in [0.5, 0.6) is 0 Å². The number of hydrogen-bond acceptors (Lipinski definition) is 2. The average molecular weight is 326 g/mol. The molecule has 2 N–H and O–H groups in total. The highest BCUT2D eigenvalue weighted by Gasteiger charge is 2.30. The molecule has 0 spiro atoms. The summed E-state index contributed by atoms with van der Waals surface area (Å²) in [5.41, 5.74) is 2.91. The Balaban J connectivity index is 1.79. The quantitative estimate of drug-likeness (QED) is 0.897. The Kier molecular flexibility index (Phi) is 4.60. The molecule has 5 heteroatoms. The second kappa shape index (κ2) is 6.83. The maximum absolute atomic E-state index is 13.3. The number of benzene rings is 2. The standard InChI is InChI=1S/C19H19FN2O2/c1-2-3-12-4-7-14(8-5-12)21-19(24)16-11-18(23)22-17-10-13(20)6-9-15(16)17/h4-10,16H,2-3,11H2,1H3,(H,21,24)(H,22,23). The van der Waals surface area contributed by atoms with Crippen LogP contribution in [0.4, 0.5) is 15.8 Å². The first-order chi connectivity index (χ1) is 11.6. The van der Waals surface area contributed by atoms with Gasteiger partial charge in [-0.2, -0.15) is 0 Å². The number of fused-ring (bicyclic) bond motifs is 1. The van der Waals surface area contributed by atoms with Crippen molar-refractivity contribution in [3.63, 3.8) is 0 Å². The Morgan fingerprint density at radius 3 is 2.71 bits per heavy atom. The van der Waals surface area contributed by atoms with Gasteiger partial charge in [-0.3, -0.25) is 9.59 Å². The van der Waals surface area contributed by atoms with Gasteiger partial charge in [0.1, 0.15) is 5.82 Å². The summed E-state index contributed by atoms with van der Waals surface area (Å²) in [6.07, 6.45) is 2.12. The van der Waals surface area contributed by atoms with Gasteiger partial charge in [0.25, 0.3) is 0 Å². The second-order valence-corrected chi connectivity index (χ2v) is 5.97. The summed E-state index contributed by atoms with van der Waals surface area (Å²) in [5, 5.41) is 5.46. The van der Waals surface area contributed by atoms with Gasteiger partial charge in [-0.15, -0.1) is 0 Å². The van der Waals surface area contributed by atoms with E-state index in [4.69, 9.17) is 0 Å². The number of aryl methyl sites for hydroxylation is 1. The molecule has 0 radical (unpaired) electrons. The molecular weight excluding hydrogens is 307 g/mol. The lowest BCUT2D eigenvalue weighted by molar-refractivity contribution is -0.123. The third kappa shape index (κ3) is 3.45. The first kappa shape index (κ1) is 16.2. The summed E-state index contributed by atoms with van der Waals surface area (Å²) in [5.74, 6) is -1.61. The van der Waals surface area contributed by atoms with E-state index < -0.39 is 11.7 Å². The molecular formula is C19H19FN2O2. The Bertz CT molecular complexity index is 771. The molecule has 0 bridgehead atoms. The van der Waals surface area contributed by atoms with Crippen LogP contribution in [0.3, 0.4) is 0 Å². The van der Waals surface area contributed by atoms with Crippen LogP contribution in [0.1, 0.15) is 36.8 Å². The molecule has 124 valence electrons. The molecule has 24 heavy (non-hydrogen) atoms. The molecule has 0 aromatic heterocycles. The van der Waals surface area contributed by atoms with Gasteiger partial charge < -0.3 is 10.6 Å². The third-order valence-corrected chi connectivity index (χ3v) is 4.13. The predicted octanol–water partition coefficient (Wildman–Crippen LogP) is 3.84. The maximum Gasteiger partial charge on any atom is 0.232 e. The van der Waals surface area contributed by atoms with E-state index in [1.54, 1.807) is 6.07 Å². The van der Waals surface area contributed by atoms with Gasteiger partial charge in [0.2, 0.25) is 11.8 Å². The lowest BCUT2D eigenvalue weighted by Gasteiger charge is -2.25. The topological polar surface area (TPSA) is 58.2 Å². The molecule has 2 aromatic rings. The number of nitrogens with one attached hydrogen (secondary N) is 2. The zero-order valence-electron chi connectivity index (χ0n) is 13.4. The van der Waals surface area contributed by atoms with Gasteiger partial charge in [-0.1, -0.05) is 31.5 Å². The van der Waals surface area contributed by atoms with Gasteiger partial charge in [0, 0.05) is 17.8 Å². The van der Waals surface area contributed by atoms with Crippen molar-refractivity contribution in [2.24, 2.45) is 0 Å². The van der Waals surface area contributed by atoms with Crippen molar-refractivity contribution >= 4 is 23.2 Å². The van der Waals surface area contributed by atoms with Crippen LogP contribution < -0.4 is 10.6 Å². The van der Waals surface area contributed by atoms with Gasteiger partial charge >= 0.3 is 0 Å². The zero-order valence-corrected chi connectivity index (χ0v) is 13.4. The first-order valence-electron chi connectivity index (χ1n) is 8.06. The number of rotatable bonds is 4. The first-order valence-corrected chi connectivity index (χ1v) is 8.06. The van der Waals surface area contributed by atoms with Crippen LogP contribution in [-0.2, 0) is 16.0 Å². The van der Waals surface area contributed by atoms with Crippen molar-refractivity contribution < 1.29 is 14.0 Å². The highest BCUT2D eigenvalue weighted by atomic mass is 19.1. The fraction of sp³-hybridized carbons (Fsp3) is 0.263. The minimum atomic E-state index is -0.621. The maximum atomic E-state index is 13.3. The van der Waals surface area contributed by atoms with E-state index in [-0.39, 0.29) is 18.2 Å². The van der Waals surface area contributed by atoms with Gasteiger partial charge in [0.15, 0.2) is 0 Å². The SMILES string of the molecule is CCCc1ccc(NC(=O)C2CC(=O)Nc3cc(F)ccc32)cc1. The summed E-state index contributed by atoms with van der Waals surface area (Å²) >= 11 is 0. The molecule has 1 aliphatic heterocycles. The minimum absolute atomic E-state index is 0.0540. The van der Waals surface area contributed by atoms with Gasteiger partial charge in [-0.25, -0.2) is 4.39 Å². The van der Waals surface area contributed by atoms with Crippen molar-refractivity contribution in [3.8, 4) is 0 Å². The summed E-state index contributed by atoms with van der Waals surface area (Å²) < 4.78 is 13.3. The molecule has 2 amide bonds. The smallest absolute Gasteiger partial charge is 0.232 e. The van der Waals surface area contributed by atoms with E-state index in [1.165, 1.54) is 17.7 Å². The fourth-order valence-corrected chi connectivity index (χ4v) is 2.94. The Hall–Kier alpha value is -2.69. The number of anilines is 2. The van der Waals surface area contributed by atoms with E-state index in [0.717, 1.165) is 12.8 Å². The molecule has 0 aliphatic carbocycles. The van der Waals surface area contributed by atoms with Crippen molar-refractivity contribution in [2.75, 3.05) is 10.6 Å². The Morgan fingerprint density at radius 2 is 2.00 bits per heavy atom. The van der Waals surface area contributed by atoms with Crippen LogP contribution in [0, 0.1) is 5.82 Å².